The molecule has 0 aliphatic carbocycles. The van der Waals surface area contributed by atoms with Crippen LogP contribution in [0.15, 0.2) is 36.0 Å². The zero-order valence-electron chi connectivity index (χ0n) is 8.72. The summed E-state index contributed by atoms with van der Waals surface area (Å²) in [5.74, 6) is 0.714. The van der Waals surface area contributed by atoms with Crippen molar-refractivity contribution in [3.63, 3.8) is 0 Å². The molecule has 0 radical (unpaired) electrons. The van der Waals surface area contributed by atoms with E-state index in [0.717, 1.165) is 6.42 Å². The Hall–Kier alpha value is -0.780. The molecule has 0 spiro atoms. The molecule has 68 valence electrons. The first-order chi connectivity index (χ1) is 5.61. The molecule has 0 saturated heterocycles. The minimum absolute atomic E-state index is 0.714. The molecule has 0 rings (SSSR count). The molecule has 0 fully saturated rings. The summed E-state index contributed by atoms with van der Waals surface area (Å²) in [5.41, 5.74) is 2.77. The normalized spacial score (nSPS) is 13.8. The van der Waals surface area contributed by atoms with Gasteiger partial charge in [0.05, 0.1) is 0 Å². The van der Waals surface area contributed by atoms with Crippen LogP contribution < -0.4 is 0 Å². The summed E-state index contributed by atoms with van der Waals surface area (Å²) in [5, 5.41) is 0. The fourth-order valence-corrected chi connectivity index (χ4v) is 1.13. The van der Waals surface area contributed by atoms with Crippen molar-refractivity contribution in [3.8, 4) is 0 Å². The third-order valence-electron chi connectivity index (χ3n) is 1.89. The zero-order chi connectivity index (χ0) is 9.56. The molecule has 0 nitrogen and oxygen atoms in total. The lowest BCUT2D eigenvalue weighted by Gasteiger charge is -2.09. The van der Waals surface area contributed by atoms with E-state index in [1.54, 1.807) is 0 Å². The van der Waals surface area contributed by atoms with Gasteiger partial charge in [0.1, 0.15) is 0 Å². The molecule has 0 aliphatic rings. The molecular weight excluding hydrogens is 144 g/mol. The highest BCUT2D eigenvalue weighted by Crippen LogP contribution is 2.18. The summed E-state index contributed by atoms with van der Waals surface area (Å²) >= 11 is 0. The van der Waals surface area contributed by atoms with Crippen molar-refractivity contribution in [1.82, 2.24) is 0 Å². The number of rotatable bonds is 4. The van der Waals surface area contributed by atoms with E-state index >= 15 is 0 Å². The molecular formula is C12H20. The number of hydrogen-bond donors (Lipinski definition) is 0. The van der Waals surface area contributed by atoms with E-state index in [1.165, 1.54) is 11.1 Å². The van der Waals surface area contributed by atoms with Gasteiger partial charge in [-0.25, -0.2) is 0 Å². The molecule has 0 heterocycles. The summed E-state index contributed by atoms with van der Waals surface area (Å²) in [6, 6.07) is 0. The topological polar surface area (TPSA) is 0 Å². The lowest BCUT2D eigenvalue weighted by atomic mass is 9.97. The van der Waals surface area contributed by atoms with E-state index < -0.39 is 0 Å². The quantitative estimate of drug-likeness (QED) is 0.548. The average molecular weight is 164 g/mol. The zero-order valence-corrected chi connectivity index (χ0v) is 8.72. The largest absolute Gasteiger partial charge is 0.0991 e. The molecule has 12 heavy (non-hydrogen) atoms. The van der Waals surface area contributed by atoms with Gasteiger partial charge < -0.3 is 0 Å². The minimum atomic E-state index is 0.714. The van der Waals surface area contributed by atoms with E-state index in [9.17, 15) is 0 Å². The first kappa shape index (κ1) is 11.2. The number of hydrogen-bond acceptors (Lipinski definition) is 0. The van der Waals surface area contributed by atoms with Crippen molar-refractivity contribution in [2.45, 2.75) is 34.1 Å². The summed E-state index contributed by atoms with van der Waals surface area (Å²) in [6.45, 7) is 12.4. The van der Waals surface area contributed by atoms with Crippen LogP contribution >= 0.6 is 0 Å². The Kier molecular flexibility index (Phi) is 5.44. The first-order valence-electron chi connectivity index (χ1n) is 4.56. The number of allylic oxidation sites excluding steroid dienone is 5. The van der Waals surface area contributed by atoms with Gasteiger partial charge in [-0.15, -0.1) is 0 Å². The standard InChI is InChI=1S/C12H20/c1-6-8-12(9-10(3)4)11(5)7-2/h6-8,10H,1,9H2,2-5H3/b11-7-,12-8-. The van der Waals surface area contributed by atoms with Gasteiger partial charge in [0, 0.05) is 0 Å². The van der Waals surface area contributed by atoms with Crippen LogP contribution in [0.5, 0.6) is 0 Å². The molecule has 0 aromatic heterocycles. The second kappa shape index (κ2) is 5.82. The molecule has 0 amide bonds. The Morgan fingerprint density at radius 1 is 1.42 bits per heavy atom. The van der Waals surface area contributed by atoms with Gasteiger partial charge in [-0.3, -0.25) is 0 Å². The van der Waals surface area contributed by atoms with Gasteiger partial charge in [-0.2, -0.15) is 0 Å². The molecule has 0 unspecified atom stereocenters. The van der Waals surface area contributed by atoms with E-state index in [2.05, 4.69) is 46.4 Å². The van der Waals surface area contributed by atoms with Crippen molar-refractivity contribution < 1.29 is 0 Å². The Bertz CT molecular complexity index is 192. The fourth-order valence-electron chi connectivity index (χ4n) is 1.13. The van der Waals surface area contributed by atoms with Crippen molar-refractivity contribution in [2.75, 3.05) is 0 Å². The molecule has 0 aromatic rings. The summed E-state index contributed by atoms with van der Waals surface area (Å²) in [7, 11) is 0. The highest BCUT2D eigenvalue weighted by Gasteiger charge is 2.01. The van der Waals surface area contributed by atoms with Crippen LogP contribution in [-0.4, -0.2) is 0 Å². The predicted octanol–water partition coefficient (Wildman–Crippen LogP) is 4.11. The molecule has 0 aromatic carbocycles. The van der Waals surface area contributed by atoms with Crippen LogP contribution in [0.4, 0.5) is 0 Å². The van der Waals surface area contributed by atoms with E-state index in [4.69, 9.17) is 0 Å². The van der Waals surface area contributed by atoms with Gasteiger partial charge in [-0.05, 0) is 31.8 Å². The van der Waals surface area contributed by atoms with Gasteiger partial charge in [0.2, 0.25) is 0 Å². The Labute approximate surface area is 76.7 Å². The van der Waals surface area contributed by atoms with Gasteiger partial charge >= 0.3 is 0 Å². The summed E-state index contributed by atoms with van der Waals surface area (Å²) < 4.78 is 0. The van der Waals surface area contributed by atoms with Crippen LogP contribution in [-0.2, 0) is 0 Å². The molecule has 0 N–H and O–H groups in total. The summed E-state index contributed by atoms with van der Waals surface area (Å²) in [6.07, 6.45) is 7.26. The van der Waals surface area contributed by atoms with Crippen LogP contribution in [0.1, 0.15) is 34.1 Å². The smallest absolute Gasteiger partial charge is 0.0253 e. The predicted molar refractivity (Wildman–Crippen MR) is 57.2 cm³/mol. The summed E-state index contributed by atoms with van der Waals surface area (Å²) in [4.78, 5) is 0. The van der Waals surface area contributed by atoms with Gasteiger partial charge in [0.25, 0.3) is 0 Å². The van der Waals surface area contributed by atoms with Crippen molar-refractivity contribution in [3.05, 3.63) is 36.0 Å². The van der Waals surface area contributed by atoms with Crippen LogP contribution in [0.25, 0.3) is 0 Å². The molecule has 0 saturated carbocycles. The molecule has 0 aliphatic heterocycles. The fraction of sp³-hybridized carbons (Fsp3) is 0.500. The van der Waals surface area contributed by atoms with Gasteiger partial charge in [0.15, 0.2) is 0 Å². The van der Waals surface area contributed by atoms with Crippen LogP contribution in [0, 0.1) is 5.92 Å². The maximum atomic E-state index is 3.72. The second-order valence-corrected chi connectivity index (χ2v) is 3.50. The third-order valence-corrected chi connectivity index (χ3v) is 1.89. The molecule has 0 bridgehead atoms. The maximum Gasteiger partial charge on any atom is -0.0253 e. The highest BCUT2D eigenvalue weighted by molar-refractivity contribution is 5.31. The molecule has 0 atom stereocenters. The van der Waals surface area contributed by atoms with Crippen LogP contribution in [0.3, 0.4) is 0 Å². The third kappa shape index (κ3) is 4.17. The van der Waals surface area contributed by atoms with E-state index in [0.29, 0.717) is 5.92 Å². The first-order valence-corrected chi connectivity index (χ1v) is 4.56. The van der Waals surface area contributed by atoms with Crippen molar-refractivity contribution >= 4 is 0 Å². The maximum absolute atomic E-state index is 3.72. The Balaban J connectivity index is 4.45. The Morgan fingerprint density at radius 3 is 2.33 bits per heavy atom. The lowest BCUT2D eigenvalue weighted by Crippen LogP contribution is -1.92. The van der Waals surface area contributed by atoms with Gasteiger partial charge in [-0.1, -0.05) is 44.2 Å². The second-order valence-electron chi connectivity index (χ2n) is 3.50. The van der Waals surface area contributed by atoms with E-state index in [1.807, 2.05) is 6.08 Å². The monoisotopic (exact) mass is 164 g/mol. The van der Waals surface area contributed by atoms with Crippen LogP contribution in [0.2, 0.25) is 0 Å². The average Bonchev–Trinajstić information content (AvgIpc) is 2.01. The van der Waals surface area contributed by atoms with Crippen molar-refractivity contribution in [2.24, 2.45) is 5.92 Å². The molecule has 0 heteroatoms. The minimum Gasteiger partial charge on any atom is -0.0991 e. The Morgan fingerprint density at radius 2 is 2.00 bits per heavy atom. The van der Waals surface area contributed by atoms with E-state index in [-0.39, 0.29) is 0 Å². The lowest BCUT2D eigenvalue weighted by molar-refractivity contribution is 0.645. The SMILES string of the molecule is C=C/C=C(CC(C)C)\C(C)=C/C. The van der Waals surface area contributed by atoms with Crippen molar-refractivity contribution in [1.29, 1.82) is 0 Å². The highest BCUT2D eigenvalue weighted by atomic mass is 14.1.